The topological polar surface area (TPSA) is 98.1 Å². The van der Waals surface area contributed by atoms with Crippen molar-refractivity contribution < 1.29 is 24.9 Å². The zero-order chi connectivity index (χ0) is 9.30. The average Bonchev–Trinajstić information content (AvgIpc) is 2.30. The van der Waals surface area contributed by atoms with Gasteiger partial charge in [-0.25, -0.2) is 9.59 Å². The van der Waals surface area contributed by atoms with E-state index in [0.29, 0.717) is 0 Å². The summed E-state index contributed by atoms with van der Waals surface area (Å²) in [6.07, 6.45) is -2.21. The molecule has 1 saturated heterocycles. The smallest absolute Gasteiger partial charge is 0.408 e. The van der Waals surface area contributed by atoms with Crippen molar-refractivity contribution in [2.24, 2.45) is 0 Å². The van der Waals surface area contributed by atoms with Crippen LogP contribution in [0.5, 0.6) is 0 Å². The van der Waals surface area contributed by atoms with Crippen LogP contribution >= 0.6 is 0 Å². The second-order valence-electron chi connectivity index (χ2n) is 2.62. The van der Waals surface area contributed by atoms with Gasteiger partial charge >= 0.3 is 12.1 Å². The number of hydrogen-bond donors (Lipinski definition) is 3. The second kappa shape index (κ2) is 2.98. The van der Waals surface area contributed by atoms with Gasteiger partial charge in [-0.2, -0.15) is 0 Å². The molecule has 1 rings (SSSR count). The van der Waals surface area contributed by atoms with Gasteiger partial charge in [-0.15, -0.1) is 0 Å². The van der Waals surface area contributed by atoms with E-state index in [1.807, 2.05) is 0 Å². The molecule has 6 nitrogen and oxygen atoms in total. The molecule has 0 unspecified atom stereocenters. The van der Waals surface area contributed by atoms with Gasteiger partial charge in [0, 0.05) is 6.54 Å². The number of aliphatic hydroxyl groups excluding tert-OH is 1. The maximum absolute atomic E-state index is 10.5. The third-order valence-electron chi connectivity index (χ3n) is 1.86. The number of aliphatic hydroxyl groups is 1. The Morgan fingerprint density at radius 1 is 1.33 bits per heavy atom. The molecule has 2 atom stereocenters. The van der Waals surface area contributed by atoms with Gasteiger partial charge < -0.3 is 15.3 Å². The first-order valence-electron chi connectivity index (χ1n) is 3.44. The molecule has 0 aromatic heterocycles. The number of amides is 1. The minimum atomic E-state index is -1.31. The van der Waals surface area contributed by atoms with Crippen molar-refractivity contribution in [2.45, 2.75) is 18.6 Å². The second-order valence-corrected chi connectivity index (χ2v) is 2.62. The van der Waals surface area contributed by atoms with E-state index >= 15 is 0 Å². The zero-order valence-electron chi connectivity index (χ0n) is 6.17. The Labute approximate surface area is 68.0 Å². The number of carboxylic acid groups (broad SMARTS) is 2. The Bertz CT molecular complexity index is 216. The summed E-state index contributed by atoms with van der Waals surface area (Å²) >= 11 is 0. The number of carbonyl (C=O) groups is 2. The highest BCUT2D eigenvalue weighted by molar-refractivity contribution is 5.80. The van der Waals surface area contributed by atoms with Crippen LogP contribution in [0.25, 0.3) is 0 Å². The lowest BCUT2D eigenvalue weighted by Crippen LogP contribution is -2.44. The van der Waals surface area contributed by atoms with E-state index in [1.54, 1.807) is 0 Å². The van der Waals surface area contributed by atoms with Crippen LogP contribution in [0, 0.1) is 0 Å². The van der Waals surface area contributed by atoms with Gasteiger partial charge in [-0.05, 0) is 6.42 Å². The van der Waals surface area contributed by atoms with E-state index < -0.39 is 24.2 Å². The van der Waals surface area contributed by atoms with Gasteiger partial charge in [0.1, 0.15) is 0 Å². The number of hydrogen-bond acceptors (Lipinski definition) is 3. The van der Waals surface area contributed by atoms with Crippen LogP contribution in [0.4, 0.5) is 4.79 Å². The summed E-state index contributed by atoms with van der Waals surface area (Å²) in [4.78, 5) is 21.6. The van der Waals surface area contributed by atoms with Crippen molar-refractivity contribution in [1.82, 2.24) is 4.90 Å². The van der Waals surface area contributed by atoms with Gasteiger partial charge in [0.15, 0.2) is 6.04 Å². The Kier molecular flexibility index (Phi) is 2.18. The number of likely N-dealkylation sites (tertiary alicyclic amines) is 1. The van der Waals surface area contributed by atoms with Crippen LogP contribution in [0.3, 0.4) is 0 Å². The van der Waals surface area contributed by atoms with Crippen LogP contribution < -0.4 is 0 Å². The first-order chi connectivity index (χ1) is 5.54. The summed E-state index contributed by atoms with van der Waals surface area (Å²) in [6, 6.07) is -1.30. The highest BCUT2D eigenvalue weighted by Gasteiger charge is 2.41. The summed E-state index contributed by atoms with van der Waals surface area (Å²) in [7, 11) is 0. The lowest BCUT2D eigenvalue weighted by Gasteiger charge is -2.18. The number of rotatable bonds is 1. The van der Waals surface area contributed by atoms with Crippen LogP contribution in [0.1, 0.15) is 6.42 Å². The molecule has 1 aliphatic rings. The Morgan fingerprint density at radius 2 is 1.92 bits per heavy atom. The molecular weight excluding hydrogens is 166 g/mol. The molecule has 0 aliphatic carbocycles. The Morgan fingerprint density at radius 3 is 2.25 bits per heavy atom. The zero-order valence-corrected chi connectivity index (χ0v) is 6.17. The largest absolute Gasteiger partial charge is 0.480 e. The Balaban J connectivity index is 2.77. The third-order valence-corrected chi connectivity index (χ3v) is 1.86. The molecule has 1 fully saturated rings. The third kappa shape index (κ3) is 1.33. The monoisotopic (exact) mass is 175 g/mol. The molecule has 1 heterocycles. The fraction of sp³-hybridized carbons (Fsp3) is 0.667. The van der Waals surface area contributed by atoms with Crippen LogP contribution in [0.2, 0.25) is 0 Å². The molecule has 0 aromatic rings. The van der Waals surface area contributed by atoms with E-state index in [9.17, 15) is 9.59 Å². The molecule has 6 heteroatoms. The van der Waals surface area contributed by atoms with Crippen molar-refractivity contribution >= 4 is 12.1 Å². The standard InChI is InChI=1S/C6H9NO5/c8-3-1-2-7(6(11)12)4(3)5(9)10/h3-4,8H,1-2H2,(H,9,10)(H,11,12)/t3-,4-/m0/s1. The quantitative estimate of drug-likeness (QED) is 0.484. The van der Waals surface area contributed by atoms with E-state index in [4.69, 9.17) is 15.3 Å². The van der Waals surface area contributed by atoms with E-state index in [1.165, 1.54) is 0 Å². The number of aliphatic carboxylic acids is 1. The van der Waals surface area contributed by atoms with E-state index in [-0.39, 0.29) is 13.0 Å². The summed E-state index contributed by atoms with van der Waals surface area (Å²) in [5, 5.41) is 26.1. The SMILES string of the molecule is O=C(O)[C@@H]1[C@@H](O)CCN1C(=O)O. The Hall–Kier alpha value is -1.30. The first-order valence-corrected chi connectivity index (χ1v) is 3.44. The molecule has 1 aliphatic heterocycles. The van der Waals surface area contributed by atoms with Gasteiger partial charge in [-0.1, -0.05) is 0 Å². The molecule has 0 bridgehead atoms. The number of carboxylic acids is 1. The van der Waals surface area contributed by atoms with Crippen molar-refractivity contribution in [3.05, 3.63) is 0 Å². The molecule has 0 aromatic carbocycles. The fourth-order valence-electron chi connectivity index (χ4n) is 1.29. The maximum atomic E-state index is 10.5. The number of nitrogens with zero attached hydrogens (tertiary/aromatic N) is 1. The van der Waals surface area contributed by atoms with Crippen molar-refractivity contribution in [2.75, 3.05) is 6.54 Å². The van der Waals surface area contributed by atoms with Crippen molar-refractivity contribution in [3.8, 4) is 0 Å². The average molecular weight is 175 g/mol. The lowest BCUT2D eigenvalue weighted by atomic mass is 10.2. The molecule has 3 N–H and O–H groups in total. The molecule has 0 saturated carbocycles. The fourth-order valence-corrected chi connectivity index (χ4v) is 1.29. The highest BCUT2D eigenvalue weighted by Crippen LogP contribution is 2.17. The molecule has 12 heavy (non-hydrogen) atoms. The predicted octanol–water partition coefficient (Wildman–Crippen LogP) is -0.816. The van der Waals surface area contributed by atoms with E-state index in [0.717, 1.165) is 4.90 Å². The van der Waals surface area contributed by atoms with Gasteiger partial charge in [-0.3, -0.25) is 4.90 Å². The minimum absolute atomic E-state index is 0.0769. The van der Waals surface area contributed by atoms with Gasteiger partial charge in [0.05, 0.1) is 6.10 Å². The maximum Gasteiger partial charge on any atom is 0.408 e. The van der Waals surface area contributed by atoms with Gasteiger partial charge in [0.25, 0.3) is 0 Å². The van der Waals surface area contributed by atoms with Crippen LogP contribution in [-0.2, 0) is 4.79 Å². The predicted molar refractivity (Wildman–Crippen MR) is 36.8 cm³/mol. The van der Waals surface area contributed by atoms with Gasteiger partial charge in [0.2, 0.25) is 0 Å². The molecule has 1 amide bonds. The van der Waals surface area contributed by atoms with Crippen molar-refractivity contribution in [3.63, 3.8) is 0 Å². The summed E-state index contributed by atoms with van der Waals surface area (Å²) in [5.74, 6) is -1.30. The molecule has 0 spiro atoms. The van der Waals surface area contributed by atoms with E-state index in [2.05, 4.69) is 0 Å². The molecule has 0 radical (unpaired) electrons. The first kappa shape index (κ1) is 8.79. The van der Waals surface area contributed by atoms with Crippen LogP contribution in [-0.4, -0.2) is 51.0 Å². The van der Waals surface area contributed by atoms with Crippen molar-refractivity contribution in [1.29, 1.82) is 0 Å². The summed E-state index contributed by atoms with van der Waals surface area (Å²) in [5.41, 5.74) is 0. The normalized spacial score (nSPS) is 28.9. The molecular formula is C6H9NO5. The van der Waals surface area contributed by atoms with Crippen LogP contribution in [0.15, 0.2) is 0 Å². The highest BCUT2D eigenvalue weighted by atomic mass is 16.4. The minimum Gasteiger partial charge on any atom is -0.480 e. The molecule has 68 valence electrons. The summed E-state index contributed by atoms with van der Waals surface area (Å²) in [6.45, 7) is 0.0769. The summed E-state index contributed by atoms with van der Waals surface area (Å²) < 4.78 is 0. The lowest BCUT2D eigenvalue weighted by molar-refractivity contribution is -0.144.